The van der Waals surface area contributed by atoms with Crippen molar-refractivity contribution in [3.8, 4) is 22.3 Å². The number of hydrogen-bond donors (Lipinski definition) is 0. The van der Waals surface area contributed by atoms with E-state index >= 15 is 0 Å². The molecule has 1 heterocycles. The van der Waals surface area contributed by atoms with Crippen molar-refractivity contribution < 1.29 is 20.0 Å². The molecule has 2 aliphatic carbocycles. The number of benzene rings is 4. The Bertz CT molecular complexity index is 1650. The van der Waals surface area contributed by atoms with Gasteiger partial charge in [-0.2, -0.15) is 0 Å². The number of rotatable bonds is 4. The van der Waals surface area contributed by atoms with Crippen molar-refractivity contribution in [3.05, 3.63) is 127 Å². The van der Waals surface area contributed by atoms with Gasteiger partial charge < -0.3 is 0 Å². The Kier molecular flexibility index (Phi) is 7.28. The van der Waals surface area contributed by atoms with E-state index in [1.54, 1.807) is 11.1 Å². The summed E-state index contributed by atoms with van der Waals surface area (Å²) in [4.78, 5) is 0. The molecule has 0 amide bonds. The van der Waals surface area contributed by atoms with Crippen LogP contribution in [0, 0.1) is 0 Å². The van der Waals surface area contributed by atoms with Gasteiger partial charge in [0.25, 0.3) is 0 Å². The molecular formula is C38H38Br2HfSi. The maximum absolute atomic E-state index is 3.65. The average molecular weight is 861 g/mol. The number of allylic oxidation sites excluding steroid dienone is 2. The molecule has 0 aromatic heterocycles. The molecule has 2 unspecified atom stereocenters. The summed E-state index contributed by atoms with van der Waals surface area (Å²) in [6.45, 7) is 10.2. The zero-order chi connectivity index (χ0) is 29.6. The van der Waals surface area contributed by atoms with E-state index in [2.05, 4.69) is 166 Å². The van der Waals surface area contributed by atoms with Crippen LogP contribution in [-0.4, -0.2) is 8.07 Å². The van der Waals surface area contributed by atoms with Gasteiger partial charge in [-0.3, -0.25) is 0 Å². The molecule has 0 nitrogen and oxygen atoms in total. The maximum atomic E-state index is 3.65. The summed E-state index contributed by atoms with van der Waals surface area (Å²) in [7, 11) is -2.08. The van der Waals surface area contributed by atoms with Gasteiger partial charge in [-0.15, -0.1) is 0 Å². The number of halogens is 2. The normalized spacial score (nSPS) is 21.0. The van der Waals surface area contributed by atoms with Gasteiger partial charge in [-0.1, -0.05) is 0 Å². The fourth-order valence-electron chi connectivity index (χ4n) is 9.22. The predicted octanol–water partition coefficient (Wildman–Crippen LogP) is 12.7. The first-order valence-electron chi connectivity index (χ1n) is 15.3. The van der Waals surface area contributed by atoms with Crippen LogP contribution in [0.25, 0.3) is 34.4 Å². The van der Waals surface area contributed by atoms with Crippen LogP contribution < -0.4 is 0 Å². The van der Waals surface area contributed by atoms with Crippen molar-refractivity contribution in [2.45, 2.75) is 55.5 Å². The molecule has 7 rings (SSSR count). The van der Waals surface area contributed by atoms with E-state index in [9.17, 15) is 0 Å². The van der Waals surface area contributed by atoms with Gasteiger partial charge in [0.05, 0.1) is 0 Å². The third kappa shape index (κ3) is 4.11. The van der Waals surface area contributed by atoms with Gasteiger partial charge >= 0.3 is 276 Å². The molecule has 1 fully saturated rings. The Hall–Kier alpha value is -1.59. The zero-order valence-electron chi connectivity index (χ0n) is 25.3. The van der Waals surface area contributed by atoms with Gasteiger partial charge in [0.2, 0.25) is 0 Å². The average Bonchev–Trinajstić information content (AvgIpc) is 3.55. The first-order chi connectivity index (χ1) is 20.1. The van der Waals surface area contributed by atoms with Crippen molar-refractivity contribution >= 4 is 52.1 Å². The molecule has 4 aromatic carbocycles. The topological polar surface area (TPSA) is 0 Å². The van der Waals surface area contributed by atoms with E-state index < -0.39 is 28.0 Å². The SMILES string of the molecule is CC(C)[Si]1(C(C)C)C2=Cc3c(-c4ccc(Br)cc4)cccc3[CH]2[Hf]([CH3])([CH3])[CH]2C1=Cc1c(-c3ccc(Br)cc3)cccc12. The summed E-state index contributed by atoms with van der Waals surface area (Å²) < 4.78 is 9.12. The van der Waals surface area contributed by atoms with Crippen LogP contribution in [0.1, 0.15) is 57.3 Å². The van der Waals surface area contributed by atoms with Crippen LogP contribution in [0.2, 0.25) is 20.4 Å². The molecule has 0 radical (unpaired) electrons. The Morgan fingerprint density at radius 3 is 1.31 bits per heavy atom. The van der Waals surface area contributed by atoms with Crippen molar-refractivity contribution in [2.24, 2.45) is 0 Å². The van der Waals surface area contributed by atoms with Crippen LogP contribution in [0.3, 0.4) is 0 Å². The van der Waals surface area contributed by atoms with Crippen molar-refractivity contribution in [2.75, 3.05) is 0 Å². The van der Waals surface area contributed by atoms with Crippen molar-refractivity contribution in [3.63, 3.8) is 0 Å². The molecule has 42 heavy (non-hydrogen) atoms. The molecule has 0 spiro atoms. The Morgan fingerprint density at radius 2 is 0.952 bits per heavy atom. The second-order valence-corrected chi connectivity index (χ2v) is 38.0. The van der Waals surface area contributed by atoms with Gasteiger partial charge in [0.15, 0.2) is 0 Å². The van der Waals surface area contributed by atoms with Crippen LogP contribution in [0.5, 0.6) is 0 Å². The summed E-state index contributed by atoms with van der Waals surface area (Å²) in [5.41, 5.74) is 13.0. The molecule has 3 aliphatic rings. The van der Waals surface area contributed by atoms with Crippen LogP contribution in [-0.2, 0) is 20.0 Å². The molecule has 4 aromatic rings. The first-order valence-corrected chi connectivity index (χ1v) is 30.4. The van der Waals surface area contributed by atoms with Crippen LogP contribution >= 0.6 is 31.9 Å². The quantitative estimate of drug-likeness (QED) is 0.179. The molecule has 0 saturated carbocycles. The minimum absolute atomic E-state index is 0.639. The molecule has 1 aliphatic heterocycles. The predicted molar refractivity (Wildman–Crippen MR) is 188 cm³/mol. The molecule has 1 saturated heterocycles. The van der Waals surface area contributed by atoms with E-state index in [0.29, 0.717) is 18.4 Å². The Morgan fingerprint density at radius 1 is 0.571 bits per heavy atom. The van der Waals surface area contributed by atoms with Gasteiger partial charge in [0, 0.05) is 0 Å². The molecule has 0 bridgehead atoms. The second-order valence-electron chi connectivity index (χ2n) is 13.7. The number of hydrogen-bond acceptors (Lipinski definition) is 0. The van der Waals surface area contributed by atoms with Gasteiger partial charge in [-0.05, 0) is 0 Å². The second kappa shape index (κ2) is 10.5. The van der Waals surface area contributed by atoms with Crippen molar-refractivity contribution in [1.82, 2.24) is 0 Å². The summed E-state index contributed by atoms with van der Waals surface area (Å²) in [5, 5.41) is 3.72. The molecule has 4 heteroatoms. The van der Waals surface area contributed by atoms with Gasteiger partial charge in [0.1, 0.15) is 0 Å². The van der Waals surface area contributed by atoms with E-state index in [1.165, 1.54) is 33.4 Å². The van der Waals surface area contributed by atoms with E-state index in [4.69, 9.17) is 0 Å². The fraction of sp³-hybridized carbons (Fsp3) is 0.263. The summed E-state index contributed by atoms with van der Waals surface area (Å²) in [6, 6.07) is 32.2. The summed E-state index contributed by atoms with van der Waals surface area (Å²) in [5.74, 6) is 0. The molecular weight excluding hydrogens is 823 g/mol. The number of fused-ring (bicyclic) bond motifs is 6. The Balaban J connectivity index is 1.50. The monoisotopic (exact) mass is 860 g/mol. The third-order valence-corrected chi connectivity index (χ3v) is 35.4. The molecule has 2 atom stereocenters. The minimum atomic E-state index is -3.09. The van der Waals surface area contributed by atoms with Crippen LogP contribution in [0.4, 0.5) is 0 Å². The summed E-state index contributed by atoms with van der Waals surface area (Å²) in [6.07, 6.45) is 5.47. The van der Waals surface area contributed by atoms with E-state index in [-0.39, 0.29) is 0 Å². The molecule has 0 N–H and O–H groups in total. The van der Waals surface area contributed by atoms with Crippen molar-refractivity contribution in [1.29, 1.82) is 0 Å². The fourth-order valence-corrected chi connectivity index (χ4v) is 42.5. The van der Waals surface area contributed by atoms with Crippen LogP contribution in [0.15, 0.2) is 104 Å². The van der Waals surface area contributed by atoms with E-state index in [0.717, 1.165) is 8.95 Å². The standard InChI is InChI=1S/C36H32Br2Si.2CH3.Hf/c1-23(2)39(24(3)4,31-19-27-7-5-9-33(35(27)21-31)25-11-15-29(37)16-12-25)32-20-28-8-6-10-34(36(28)22-32)26-13-17-30(38)18-14-26;;;/h5-24H,1-4H3;2*1H3;. The van der Waals surface area contributed by atoms with Gasteiger partial charge in [-0.25, -0.2) is 0 Å². The van der Waals surface area contributed by atoms with E-state index in [1.807, 2.05) is 10.4 Å². The summed E-state index contributed by atoms with van der Waals surface area (Å²) >= 11 is 4.21. The zero-order valence-corrected chi connectivity index (χ0v) is 33.1. The third-order valence-electron chi connectivity index (χ3n) is 10.7. The first kappa shape index (κ1) is 29.1. The molecule has 212 valence electrons. The Labute approximate surface area is 273 Å².